The summed E-state index contributed by atoms with van der Waals surface area (Å²) in [6.07, 6.45) is 0. The standard InChI is InChI=1S/C18H18ClN3O4S/c1-25-9-8-21-15-7-6-13(19)12-14(15)20-18(21)27-11-10-26-17-5-3-2-4-16(17)22(23)24/h2-7,12H,8-11H2,1H3. The maximum atomic E-state index is 11.0. The average Bonchev–Trinajstić information content (AvgIpc) is 3.00. The van der Waals surface area contributed by atoms with Gasteiger partial charge in [-0.25, -0.2) is 4.98 Å². The van der Waals surface area contributed by atoms with Crippen LogP contribution in [-0.2, 0) is 11.3 Å². The molecular formula is C18H18ClN3O4S. The molecule has 2 aromatic carbocycles. The molecule has 9 heteroatoms. The number of hydrogen-bond donors (Lipinski definition) is 0. The van der Waals surface area contributed by atoms with Crippen molar-refractivity contribution < 1.29 is 14.4 Å². The van der Waals surface area contributed by atoms with Crippen molar-refractivity contribution >= 4 is 40.1 Å². The van der Waals surface area contributed by atoms with E-state index in [-0.39, 0.29) is 11.4 Å². The van der Waals surface area contributed by atoms with Crippen LogP contribution in [0.2, 0.25) is 5.02 Å². The van der Waals surface area contributed by atoms with Gasteiger partial charge in [0.2, 0.25) is 0 Å². The van der Waals surface area contributed by atoms with Crippen molar-refractivity contribution in [3.8, 4) is 5.75 Å². The van der Waals surface area contributed by atoms with Crippen LogP contribution < -0.4 is 4.74 Å². The Morgan fingerprint density at radius 2 is 2.07 bits per heavy atom. The molecule has 0 radical (unpaired) electrons. The normalized spacial score (nSPS) is 11.0. The molecule has 0 fully saturated rings. The van der Waals surface area contributed by atoms with Crippen molar-refractivity contribution in [3.05, 3.63) is 57.6 Å². The van der Waals surface area contributed by atoms with Crippen LogP contribution in [0.3, 0.4) is 0 Å². The summed E-state index contributed by atoms with van der Waals surface area (Å²) < 4.78 is 12.9. The number of nitro benzene ring substituents is 1. The average molecular weight is 408 g/mol. The number of ether oxygens (including phenoxy) is 2. The van der Waals surface area contributed by atoms with Crippen LogP contribution in [0, 0.1) is 10.1 Å². The number of methoxy groups -OCH3 is 1. The molecule has 0 spiro atoms. The molecule has 0 aliphatic carbocycles. The molecule has 1 heterocycles. The fraction of sp³-hybridized carbons (Fsp3) is 0.278. The first-order chi connectivity index (χ1) is 13.1. The summed E-state index contributed by atoms with van der Waals surface area (Å²) in [4.78, 5) is 15.2. The Kier molecular flexibility index (Phi) is 6.54. The van der Waals surface area contributed by atoms with E-state index < -0.39 is 4.92 Å². The minimum Gasteiger partial charge on any atom is -0.486 e. The van der Waals surface area contributed by atoms with Crippen LogP contribution >= 0.6 is 23.4 Å². The molecule has 0 saturated heterocycles. The molecule has 1 aromatic heterocycles. The first-order valence-corrected chi connectivity index (χ1v) is 9.60. The first-order valence-electron chi connectivity index (χ1n) is 8.24. The minimum absolute atomic E-state index is 0.0375. The van der Waals surface area contributed by atoms with E-state index in [2.05, 4.69) is 9.55 Å². The summed E-state index contributed by atoms with van der Waals surface area (Å²) >= 11 is 7.58. The van der Waals surface area contributed by atoms with Gasteiger partial charge < -0.3 is 14.0 Å². The lowest BCUT2D eigenvalue weighted by molar-refractivity contribution is -0.385. The van der Waals surface area contributed by atoms with Gasteiger partial charge in [-0.15, -0.1) is 0 Å². The van der Waals surface area contributed by atoms with Gasteiger partial charge in [-0.3, -0.25) is 10.1 Å². The number of imidazole rings is 1. The Morgan fingerprint density at radius 3 is 2.85 bits per heavy atom. The molecule has 3 aromatic rings. The highest BCUT2D eigenvalue weighted by molar-refractivity contribution is 7.99. The second-order valence-electron chi connectivity index (χ2n) is 5.59. The number of para-hydroxylation sites is 2. The lowest BCUT2D eigenvalue weighted by atomic mass is 10.3. The van der Waals surface area contributed by atoms with Crippen LogP contribution in [0.1, 0.15) is 0 Å². The molecule has 0 aliphatic rings. The fourth-order valence-corrected chi connectivity index (χ4v) is 3.63. The largest absolute Gasteiger partial charge is 0.486 e. The van der Waals surface area contributed by atoms with E-state index in [4.69, 9.17) is 21.1 Å². The summed E-state index contributed by atoms with van der Waals surface area (Å²) in [7, 11) is 1.66. The molecule has 0 N–H and O–H groups in total. The predicted molar refractivity (Wildman–Crippen MR) is 106 cm³/mol. The molecule has 142 valence electrons. The first kappa shape index (κ1) is 19.5. The Hall–Kier alpha value is -2.29. The van der Waals surface area contributed by atoms with Crippen molar-refractivity contribution in [1.29, 1.82) is 0 Å². The molecule has 0 amide bonds. The highest BCUT2D eigenvalue weighted by atomic mass is 35.5. The number of halogens is 1. The van der Waals surface area contributed by atoms with Gasteiger partial charge in [-0.1, -0.05) is 35.5 Å². The third-order valence-corrected chi connectivity index (χ3v) is 5.00. The summed E-state index contributed by atoms with van der Waals surface area (Å²) in [6, 6.07) is 11.9. The van der Waals surface area contributed by atoms with Crippen molar-refractivity contribution in [2.24, 2.45) is 0 Å². The Bertz CT molecular complexity index is 948. The van der Waals surface area contributed by atoms with Gasteiger partial charge in [-0.05, 0) is 24.3 Å². The highest BCUT2D eigenvalue weighted by Crippen LogP contribution is 2.28. The molecule has 0 bridgehead atoms. The minimum atomic E-state index is -0.448. The zero-order chi connectivity index (χ0) is 19.2. The number of aromatic nitrogens is 2. The van der Waals surface area contributed by atoms with E-state index >= 15 is 0 Å². The molecule has 3 rings (SSSR count). The highest BCUT2D eigenvalue weighted by Gasteiger charge is 2.15. The van der Waals surface area contributed by atoms with Gasteiger partial charge >= 0.3 is 5.69 Å². The van der Waals surface area contributed by atoms with Crippen molar-refractivity contribution in [3.63, 3.8) is 0 Å². The lowest BCUT2D eigenvalue weighted by Crippen LogP contribution is -2.07. The van der Waals surface area contributed by atoms with Gasteiger partial charge in [0.15, 0.2) is 10.9 Å². The van der Waals surface area contributed by atoms with Gasteiger partial charge in [0.1, 0.15) is 0 Å². The van der Waals surface area contributed by atoms with Crippen LogP contribution in [0.5, 0.6) is 5.75 Å². The van der Waals surface area contributed by atoms with E-state index in [0.717, 1.165) is 16.2 Å². The van der Waals surface area contributed by atoms with E-state index in [9.17, 15) is 10.1 Å². The van der Waals surface area contributed by atoms with Crippen LogP contribution in [0.15, 0.2) is 47.6 Å². The van der Waals surface area contributed by atoms with E-state index in [0.29, 0.717) is 30.5 Å². The maximum absolute atomic E-state index is 11.0. The quantitative estimate of drug-likeness (QED) is 0.226. The maximum Gasteiger partial charge on any atom is 0.310 e. The lowest BCUT2D eigenvalue weighted by Gasteiger charge is -2.09. The smallest absolute Gasteiger partial charge is 0.310 e. The van der Waals surface area contributed by atoms with E-state index in [1.165, 1.54) is 17.8 Å². The molecule has 27 heavy (non-hydrogen) atoms. The second-order valence-corrected chi connectivity index (χ2v) is 7.09. The Balaban J connectivity index is 1.69. The number of thioether (sulfide) groups is 1. The zero-order valence-electron chi connectivity index (χ0n) is 14.6. The van der Waals surface area contributed by atoms with Crippen LogP contribution in [-0.4, -0.2) is 40.6 Å². The SMILES string of the molecule is COCCn1c(SCCOc2ccccc2[N+](=O)[O-])nc2cc(Cl)ccc21. The third kappa shape index (κ3) is 4.71. The molecule has 0 unspecified atom stereocenters. The van der Waals surface area contributed by atoms with Crippen molar-refractivity contribution in [2.45, 2.75) is 11.7 Å². The molecule has 0 aliphatic heterocycles. The molecule has 0 saturated carbocycles. The van der Waals surface area contributed by atoms with Crippen LogP contribution in [0.4, 0.5) is 5.69 Å². The van der Waals surface area contributed by atoms with E-state index in [1.807, 2.05) is 18.2 Å². The Labute approximate surface area is 165 Å². The van der Waals surface area contributed by atoms with Gasteiger partial charge in [-0.2, -0.15) is 0 Å². The molecule has 7 nitrogen and oxygen atoms in total. The van der Waals surface area contributed by atoms with Crippen LogP contribution in [0.25, 0.3) is 11.0 Å². The summed E-state index contributed by atoms with van der Waals surface area (Å²) in [5.41, 5.74) is 1.77. The number of benzene rings is 2. The van der Waals surface area contributed by atoms with E-state index in [1.54, 1.807) is 25.3 Å². The molecule has 0 atom stereocenters. The topological polar surface area (TPSA) is 79.4 Å². The summed E-state index contributed by atoms with van der Waals surface area (Å²) in [6.45, 7) is 1.56. The number of nitrogens with zero attached hydrogens (tertiary/aromatic N) is 3. The number of nitro groups is 1. The van der Waals surface area contributed by atoms with Gasteiger partial charge in [0.05, 0.1) is 29.2 Å². The number of fused-ring (bicyclic) bond motifs is 1. The number of rotatable bonds is 9. The van der Waals surface area contributed by atoms with Gasteiger partial charge in [0.25, 0.3) is 0 Å². The summed E-state index contributed by atoms with van der Waals surface area (Å²) in [5, 5.41) is 12.5. The number of hydrogen-bond acceptors (Lipinski definition) is 6. The second kappa shape index (κ2) is 9.07. The monoisotopic (exact) mass is 407 g/mol. The Morgan fingerprint density at radius 1 is 1.26 bits per heavy atom. The zero-order valence-corrected chi connectivity index (χ0v) is 16.2. The van der Waals surface area contributed by atoms with Crippen molar-refractivity contribution in [2.75, 3.05) is 26.1 Å². The summed E-state index contributed by atoms with van der Waals surface area (Å²) in [5.74, 6) is 0.860. The predicted octanol–water partition coefficient (Wildman–Crippen LogP) is 4.42. The van der Waals surface area contributed by atoms with Crippen molar-refractivity contribution in [1.82, 2.24) is 9.55 Å². The van der Waals surface area contributed by atoms with Gasteiger partial charge in [0, 0.05) is 30.5 Å². The third-order valence-electron chi connectivity index (χ3n) is 3.83. The molecular weight excluding hydrogens is 390 g/mol. The fourth-order valence-electron chi connectivity index (χ4n) is 2.60.